The van der Waals surface area contributed by atoms with Crippen molar-refractivity contribution >= 4 is 12.0 Å². The number of piperidine rings is 1. The molecule has 30 heavy (non-hydrogen) atoms. The molecule has 1 unspecified atom stereocenters. The number of likely N-dealkylation sites (tertiary alicyclic amines) is 1. The van der Waals surface area contributed by atoms with E-state index in [2.05, 4.69) is 5.32 Å². The van der Waals surface area contributed by atoms with E-state index >= 15 is 0 Å². The third-order valence-electron chi connectivity index (χ3n) is 5.07. The van der Waals surface area contributed by atoms with Crippen LogP contribution in [0.25, 0.3) is 0 Å². The fourth-order valence-electron chi connectivity index (χ4n) is 3.36. The number of ether oxygens (including phenoxy) is 2. The van der Waals surface area contributed by atoms with Crippen LogP contribution in [0.15, 0.2) is 18.2 Å². The molecule has 2 N–H and O–H groups in total. The Hall–Kier alpha value is -2.35. The van der Waals surface area contributed by atoms with Crippen LogP contribution < -0.4 is 10.1 Å². The van der Waals surface area contributed by atoms with Crippen molar-refractivity contribution in [2.75, 3.05) is 26.3 Å². The first kappa shape index (κ1) is 23.9. The van der Waals surface area contributed by atoms with Crippen LogP contribution in [0.2, 0.25) is 0 Å². The second-order valence-electron chi connectivity index (χ2n) is 8.05. The van der Waals surface area contributed by atoms with Crippen molar-refractivity contribution in [2.24, 2.45) is 5.92 Å². The first-order valence-corrected chi connectivity index (χ1v) is 10.6. The Morgan fingerprint density at radius 3 is 2.57 bits per heavy atom. The van der Waals surface area contributed by atoms with Crippen LogP contribution in [-0.2, 0) is 4.74 Å². The van der Waals surface area contributed by atoms with E-state index in [9.17, 15) is 14.0 Å². The summed E-state index contributed by atoms with van der Waals surface area (Å²) in [6.07, 6.45) is 3.35. The summed E-state index contributed by atoms with van der Waals surface area (Å²) >= 11 is 0. The molecule has 0 radical (unpaired) electrons. The van der Waals surface area contributed by atoms with Crippen molar-refractivity contribution in [2.45, 2.75) is 58.6 Å². The van der Waals surface area contributed by atoms with E-state index in [-0.39, 0.29) is 24.4 Å². The molecule has 2 amide bonds. The Kier molecular flexibility index (Phi) is 9.36. The number of hydrogen-bond acceptors (Lipinski definition) is 5. The zero-order chi connectivity index (χ0) is 22.1. The summed E-state index contributed by atoms with van der Waals surface area (Å²) in [6, 6.07) is 3.72. The number of carbonyl (C=O) groups excluding carboxylic acids is 2. The highest BCUT2D eigenvalue weighted by Crippen LogP contribution is 2.23. The average molecular weight is 425 g/mol. The molecular weight excluding hydrogens is 391 g/mol. The first-order valence-electron chi connectivity index (χ1n) is 10.6. The van der Waals surface area contributed by atoms with Crippen LogP contribution in [0.3, 0.4) is 0 Å². The molecule has 1 saturated heterocycles. The van der Waals surface area contributed by atoms with Crippen LogP contribution in [0.5, 0.6) is 5.75 Å². The number of benzene rings is 1. The molecule has 1 aromatic carbocycles. The van der Waals surface area contributed by atoms with Gasteiger partial charge in [0.15, 0.2) is 0 Å². The van der Waals surface area contributed by atoms with Gasteiger partial charge in [-0.2, -0.15) is 0 Å². The molecule has 2 rings (SSSR count). The van der Waals surface area contributed by atoms with Crippen LogP contribution in [0, 0.1) is 11.7 Å². The van der Waals surface area contributed by atoms with Crippen LogP contribution in [0.1, 0.15) is 56.8 Å². The van der Waals surface area contributed by atoms with Gasteiger partial charge in [-0.1, -0.05) is 0 Å². The second-order valence-corrected chi connectivity index (χ2v) is 8.05. The van der Waals surface area contributed by atoms with Gasteiger partial charge < -0.3 is 24.8 Å². The lowest BCUT2D eigenvalue weighted by molar-refractivity contribution is 0.0643. The molecular formula is C22H33FN2O5. The average Bonchev–Trinajstić information content (AvgIpc) is 2.71. The predicted octanol–water partition coefficient (Wildman–Crippen LogP) is 3.35. The minimum Gasteiger partial charge on any atom is -0.493 e. The van der Waals surface area contributed by atoms with Gasteiger partial charge in [-0.25, -0.2) is 9.18 Å². The minimum atomic E-state index is -0.657. The highest BCUT2D eigenvalue weighted by atomic mass is 19.1. The van der Waals surface area contributed by atoms with Crippen LogP contribution in [-0.4, -0.2) is 60.5 Å². The van der Waals surface area contributed by atoms with Crippen molar-refractivity contribution < 1.29 is 28.6 Å². The van der Waals surface area contributed by atoms with Crippen molar-refractivity contribution in [1.29, 1.82) is 0 Å². The van der Waals surface area contributed by atoms with E-state index in [0.29, 0.717) is 31.4 Å². The third kappa shape index (κ3) is 7.48. The lowest BCUT2D eigenvalue weighted by atomic mass is 9.92. The molecule has 0 aromatic heterocycles. The molecule has 7 nitrogen and oxygen atoms in total. The number of rotatable bonds is 9. The van der Waals surface area contributed by atoms with E-state index in [4.69, 9.17) is 14.6 Å². The van der Waals surface area contributed by atoms with Crippen LogP contribution in [0.4, 0.5) is 9.18 Å². The Balaban J connectivity index is 1.69. The van der Waals surface area contributed by atoms with Crippen molar-refractivity contribution in [3.63, 3.8) is 0 Å². The molecule has 1 fully saturated rings. The largest absolute Gasteiger partial charge is 0.493 e. The van der Waals surface area contributed by atoms with E-state index < -0.39 is 17.8 Å². The standard InChI is InChI=1S/C22H33FN2O5/c1-15(2)30-22(28)25-10-8-17(9-11-25)5-4-12-29-18-6-7-19(20(23)13-18)21(27)24-16(3)14-26/h6-7,13,15-17,26H,4-5,8-12,14H2,1-3H3,(H,24,27). The number of hydrogen-bond donors (Lipinski definition) is 2. The Labute approximate surface area is 177 Å². The fourth-order valence-corrected chi connectivity index (χ4v) is 3.36. The molecule has 1 atom stereocenters. The van der Waals surface area contributed by atoms with Gasteiger partial charge in [0, 0.05) is 25.2 Å². The topological polar surface area (TPSA) is 88.1 Å². The highest BCUT2D eigenvalue weighted by molar-refractivity contribution is 5.94. The van der Waals surface area contributed by atoms with Gasteiger partial charge in [0.05, 0.1) is 24.9 Å². The van der Waals surface area contributed by atoms with Gasteiger partial charge in [-0.3, -0.25) is 4.79 Å². The summed E-state index contributed by atoms with van der Waals surface area (Å²) in [7, 11) is 0. The summed E-state index contributed by atoms with van der Waals surface area (Å²) in [4.78, 5) is 25.6. The first-order chi connectivity index (χ1) is 14.3. The number of nitrogens with zero attached hydrogens (tertiary/aromatic N) is 1. The molecule has 1 aliphatic rings. The van der Waals surface area contributed by atoms with E-state index in [1.807, 2.05) is 13.8 Å². The molecule has 0 bridgehead atoms. The van der Waals surface area contributed by atoms with Gasteiger partial charge in [0.2, 0.25) is 0 Å². The zero-order valence-electron chi connectivity index (χ0n) is 18.0. The monoisotopic (exact) mass is 424 g/mol. The number of carbonyl (C=O) groups is 2. The Morgan fingerprint density at radius 1 is 1.27 bits per heavy atom. The van der Waals surface area contributed by atoms with E-state index in [1.54, 1.807) is 17.9 Å². The summed E-state index contributed by atoms with van der Waals surface area (Å²) in [5.41, 5.74) is -0.0783. The molecule has 8 heteroatoms. The SMILES string of the molecule is CC(CO)NC(=O)c1ccc(OCCCC2CCN(C(=O)OC(C)C)CC2)cc1F. The van der Waals surface area contributed by atoms with E-state index in [0.717, 1.165) is 25.7 Å². The normalized spacial score (nSPS) is 15.7. The van der Waals surface area contributed by atoms with E-state index in [1.165, 1.54) is 12.1 Å². The molecule has 0 saturated carbocycles. The lowest BCUT2D eigenvalue weighted by Crippen LogP contribution is -2.39. The molecule has 0 aliphatic carbocycles. The number of aliphatic hydroxyl groups is 1. The summed E-state index contributed by atoms with van der Waals surface area (Å²) < 4.78 is 25.0. The van der Waals surface area contributed by atoms with Gasteiger partial charge in [-0.15, -0.1) is 0 Å². The number of amides is 2. The van der Waals surface area contributed by atoms with Crippen molar-refractivity contribution in [1.82, 2.24) is 10.2 Å². The predicted molar refractivity (Wildman–Crippen MR) is 111 cm³/mol. The second kappa shape index (κ2) is 11.7. The molecule has 1 aliphatic heterocycles. The van der Waals surface area contributed by atoms with Crippen molar-refractivity contribution in [3.8, 4) is 5.75 Å². The van der Waals surface area contributed by atoms with Crippen LogP contribution >= 0.6 is 0 Å². The lowest BCUT2D eigenvalue weighted by Gasteiger charge is -2.31. The maximum absolute atomic E-state index is 14.2. The summed E-state index contributed by atoms with van der Waals surface area (Å²) in [6.45, 7) is 6.99. The minimum absolute atomic E-state index is 0.0783. The quantitative estimate of drug-likeness (QED) is 0.594. The number of aliphatic hydroxyl groups excluding tert-OH is 1. The Bertz CT molecular complexity index is 705. The number of halogens is 1. The summed E-state index contributed by atoms with van der Waals surface area (Å²) in [5, 5.41) is 11.5. The summed E-state index contributed by atoms with van der Waals surface area (Å²) in [5.74, 6) is -0.307. The maximum Gasteiger partial charge on any atom is 0.410 e. The molecule has 1 heterocycles. The van der Waals surface area contributed by atoms with Crippen molar-refractivity contribution in [3.05, 3.63) is 29.6 Å². The number of nitrogens with one attached hydrogen (secondary N) is 1. The van der Waals surface area contributed by atoms with Gasteiger partial charge in [-0.05, 0) is 64.5 Å². The maximum atomic E-state index is 14.2. The fraction of sp³-hybridized carbons (Fsp3) is 0.636. The van der Waals surface area contributed by atoms with Gasteiger partial charge >= 0.3 is 6.09 Å². The third-order valence-corrected chi connectivity index (χ3v) is 5.07. The molecule has 168 valence electrons. The van der Waals surface area contributed by atoms with Gasteiger partial charge in [0.1, 0.15) is 11.6 Å². The van der Waals surface area contributed by atoms with Gasteiger partial charge in [0.25, 0.3) is 5.91 Å². The molecule has 0 spiro atoms. The zero-order valence-corrected chi connectivity index (χ0v) is 18.0. The highest BCUT2D eigenvalue weighted by Gasteiger charge is 2.24. The molecule has 1 aromatic rings. The smallest absolute Gasteiger partial charge is 0.410 e. The Morgan fingerprint density at radius 2 is 1.97 bits per heavy atom.